The molecule has 0 aromatic rings. The van der Waals surface area contributed by atoms with Crippen LogP contribution in [0, 0.1) is 0 Å². The normalized spacial score (nSPS) is 9.64. The van der Waals surface area contributed by atoms with E-state index in [1.54, 1.807) is 0 Å². The van der Waals surface area contributed by atoms with Crippen LogP contribution in [-0.2, 0) is 14.1 Å². The van der Waals surface area contributed by atoms with E-state index in [1.807, 2.05) is 0 Å². The van der Waals surface area contributed by atoms with Crippen LogP contribution >= 0.6 is 0 Å². The Labute approximate surface area is 107 Å². The molecule has 0 spiro atoms. The molecule has 0 aliphatic carbocycles. The molecule has 8 heteroatoms. The van der Waals surface area contributed by atoms with Crippen molar-refractivity contribution in [3.05, 3.63) is 0 Å². The van der Waals surface area contributed by atoms with Crippen LogP contribution < -0.4 is 29.6 Å². The Kier molecular flexibility index (Phi) is 17.0. The van der Waals surface area contributed by atoms with Crippen LogP contribution in [-0.4, -0.2) is 62.1 Å². The molecule has 3 N–H and O–H groups in total. The van der Waals surface area contributed by atoms with Gasteiger partial charge in [-0.1, -0.05) is 0 Å². The van der Waals surface area contributed by atoms with E-state index in [1.165, 1.54) is 0 Å². The molecule has 0 rings (SSSR count). The second-order valence-electron chi connectivity index (χ2n) is 2.15. The first-order valence-electron chi connectivity index (χ1n) is 4.01. The summed E-state index contributed by atoms with van der Waals surface area (Å²) in [5.41, 5.74) is 0. The zero-order chi connectivity index (χ0) is 9.94. The minimum atomic E-state index is -1.74. The fourth-order valence-electron chi connectivity index (χ4n) is 0.599. The molecule has 0 saturated heterocycles. The Balaban J connectivity index is -0.000000720. The Bertz CT molecular complexity index is 112. The molecular formula is C6H16BNaO6. The molecule has 14 heavy (non-hydrogen) atoms. The summed E-state index contributed by atoms with van der Waals surface area (Å²) in [4.78, 5) is 0. The molecule has 0 atom stereocenters. The summed E-state index contributed by atoms with van der Waals surface area (Å²) in [6.07, 6.45) is 0. The molecule has 0 unspecified atom stereocenters. The third-order valence-electron chi connectivity index (χ3n) is 1.10. The van der Waals surface area contributed by atoms with Gasteiger partial charge in [-0.3, -0.25) is 0 Å². The van der Waals surface area contributed by atoms with Crippen molar-refractivity contribution in [1.29, 1.82) is 0 Å². The van der Waals surface area contributed by atoms with Crippen LogP contribution in [0.3, 0.4) is 0 Å². The standard InChI is InChI=1S/C6H15BO6.Na.H/c8-1-2-11-3-4-12-5-6-13-7(9)10;;/h8-10H,1-6H2;;/q;+1;-1. The molecule has 0 radical (unpaired) electrons. The van der Waals surface area contributed by atoms with Crippen LogP contribution in [0.5, 0.6) is 0 Å². The van der Waals surface area contributed by atoms with E-state index in [0.717, 1.165) is 0 Å². The minimum Gasteiger partial charge on any atom is -1.00 e. The van der Waals surface area contributed by atoms with Crippen LogP contribution in [0.2, 0.25) is 0 Å². The summed E-state index contributed by atoms with van der Waals surface area (Å²) >= 11 is 0. The van der Waals surface area contributed by atoms with Crippen molar-refractivity contribution in [2.24, 2.45) is 0 Å². The number of hydrogen-bond donors (Lipinski definition) is 3. The van der Waals surface area contributed by atoms with Gasteiger partial charge in [-0.25, -0.2) is 0 Å². The summed E-state index contributed by atoms with van der Waals surface area (Å²) in [5.74, 6) is 0. The van der Waals surface area contributed by atoms with Gasteiger partial charge in [0.05, 0.1) is 39.6 Å². The van der Waals surface area contributed by atoms with Gasteiger partial charge in [-0.05, 0) is 0 Å². The second kappa shape index (κ2) is 13.8. The topological polar surface area (TPSA) is 88.4 Å². The average Bonchev–Trinajstić information content (AvgIpc) is 2.09. The van der Waals surface area contributed by atoms with Gasteiger partial charge < -0.3 is 30.7 Å². The average molecular weight is 218 g/mol. The summed E-state index contributed by atoms with van der Waals surface area (Å²) in [6.45, 7) is 1.50. The van der Waals surface area contributed by atoms with Crippen LogP contribution in [0.4, 0.5) is 0 Å². The Morgan fingerprint density at radius 2 is 1.43 bits per heavy atom. The van der Waals surface area contributed by atoms with E-state index in [0.29, 0.717) is 19.8 Å². The van der Waals surface area contributed by atoms with E-state index >= 15 is 0 Å². The maximum atomic E-state index is 8.33. The molecule has 0 bridgehead atoms. The molecule has 0 fully saturated rings. The number of aliphatic hydroxyl groups excluding tert-OH is 1. The summed E-state index contributed by atoms with van der Waals surface area (Å²) < 4.78 is 14.2. The van der Waals surface area contributed by atoms with E-state index in [-0.39, 0.29) is 50.8 Å². The van der Waals surface area contributed by atoms with E-state index in [2.05, 4.69) is 4.65 Å². The number of rotatable bonds is 9. The maximum Gasteiger partial charge on any atom is 1.00 e. The molecule has 0 heterocycles. The quantitative estimate of drug-likeness (QED) is 0.265. The van der Waals surface area contributed by atoms with Gasteiger partial charge in [-0.2, -0.15) is 0 Å². The molecule has 0 aromatic heterocycles. The summed E-state index contributed by atoms with van der Waals surface area (Å²) in [7, 11) is -1.74. The molecule has 0 aromatic carbocycles. The van der Waals surface area contributed by atoms with E-state index in [9.17, 15) is 0 Å². The van der Waals surface area contributed by atoms with Crippen molar-refractivity contribution in [2.45, 2.75) is 0 Å². The Hall–Kier alpha value is 0.825. The van der Waals surface area contributed by atoms with Crippen molar-refractivity contribution in [1.82, 2.24) is 0 Å². The molecule has 6 nitrogen and oxygen atoms in total. The first kappa shape index (κ1) is 17.2. The van der Waals surface area contributed by atoms with Gasteiger partial charge in [0.25, 0.3) is 0 Å². The Morgan fingerprint density at radius 3 is 1.93 bits per heavy atom. The zero-order valence-electron chi connectivity index (χ0n) is 9.39. The number of ether oxygens (including phenoxy) is 2. The van der Waals surface area contributed by atoms with Crippen LogP contribution in [0.1, 0.15) is 1.43 Å². The maximum absolute atomic E-state index is 8.33. The smallest absolute Gasteiger partial charge is 1.00 e. The Morgan fingerprint density at radius 1 is 0.929 bits per heavy atom. The molecule has 0 aliphatic rings. The largest absolute Gasteiger partial charge is 1.00 e. The predicted molar refractivity (Wildman–Crippen MR) is 46.0 cm³/mol. The van der Waals surface area contributed by atoms with Crippen LogP contribution in [0.15, 0.2) is 0 Å². The van der Waals surface area contributed by atoms with Gasteiger partial charge in [0.2, 0.25) is 0 Å². The van der Waals surface area contributed by atoms with Crippen molar-refractivity contribution >= 4 is 7.32 Å². The van der Waals surface area contributed by atoms with Crippen molar-refractivity contribution in [3.63, 3.8) is 0 Å². The number of hydrogen-bond acceptors (Lipinski definition) is 6. The third-order valence-corrected chi connectivity index (χ3v) is 1.10. The fraction of sp³-hybridized carbons (Fsp3) is 1.00. The van der Waals surface area contributed by atoms with Gasteiger partial charge in [0.1, 0.15) is 0 Å². The molecular weight excluding hydrogens is 202 g/mol. The predicted octanol–water partition coefficient (Wildman–Crippen LogP) is -4.89. The van der Waals surface area contributed by atoms with Crippen molar-refractivity contribution < 1.29 is 60.3 Å². The van der Waals surface area contributed by atoms with E-state index in [4.69, 9.17) is 24.6 Å². The SMILES string of the molecule is OCCOCCOCCOB(O)O.[H-].[Na+]. The van der Waals surface area contributed by atoms with Gasteiger partial charge >= 0.3 is 36.9 Å². The molecule has 0 saturated carbocycles. The zero-order valence-corrected chi connectivity index (χ0v) is 10.4. The van der Waals surface area contributed by atoms with E-state index < -0.39 is 7.32 Å². The third kappa shape index (κ3) is 15.3. The first-order chi connectivity index (χ1) is 6.27. The summed E-state index contributed by atoms with van der Waals surface area (Å²) in [5, 5.41) is 24.8. The minimum absolute atomic E-state index is 0. The van der Waals surface area contributed by atoms with Crippen molar-refractivity contribution in [3.8, 4) is 0 Å². The molecule has 0 amide bonds. The molecule has 80 valence electrons. The molecule has 0 aliphatic heterocycles. The number of aliphatic hydroxyl groups is 1. The van der Waals surface area contributed by atoms with Crippen LogP contribution in [0.25, 0.3) is 0 Å². The first-order valence-corrected chi connectivity index (χ1v) is 4.01. The monoisotopic (exact) mass is 218 g/mol. The van der Waals surface area contributed by atoms with Gasteiger partial charge in [0.15, 0.2) is 0 Å². The second-order valence-corrected chi connectivity index (χ2v) is 2.15. The van der Waals surface area contributed by atoms with Crippen molar-refractivity contribution in [2.75, 3.05) is 39.6 Å². The van der Waals surface area contributed by atoms with Gasteiger partial charge in [0, 0.05) is 0 Å². The summed E-state index contributed by atoms with van der Waals surface area (Å²) in [6, 6.07) is 0. The van der Waals surface area contributed by atoms with Gasteiger partial charge in [-0.15, -0.1) is 0 Å². The fourth-order valence-corrected chi connectivity index (χ4v) is 0.599.